The molecule has 1 aromatic rings. The van der Waals surface area contributed by atoms with E-state index in [1.165, 1.54) is 43.0 Å². The molecular weight excluding hydrogens is 240 g/mol. The van der Waals surface area contributed by atoms with Gasteiger partial charge >= 0.3 is 0 Å². The maximum atomic E-state index is 4.19. The zero-order valence-corrected chi connectivity index (χ0v) is 10.3. The van der Waals surface area contributed by atoms with Gasteiger partial charge in [0.2, 0.25) is 0 Å². The molecule has 78 valence electrons. The largest absolute Gasteiger partial charge is 0.276 e. The second-order valence-corrected chi connectivity index (χ2v) is 5.07. The summed E-state index contributed by atoms with van der Waals surface area (Å²) >= 11 is 3.64. The summed E-state index contributed by atoms with van der Waals surface area (Å²) in [4.78, 5) is 0. The first kappa shape index (κ1) is 10.2. The van der Waals surface area contributed by atoms with E-state index in [1.54, 1.807) is 0 Å². The second kappa shape index (κ2) is 4.05. The highest BCUT2D eigenvalue weighted by Crippen LogP contribution is 2.45. The van der Waals surface area contributed by atoms with Gasteiger partial charge in [0, 0.05) is 18.6 Å². The Morgan fingerprint density at radius 2 is 2.36 bits per heavy atom. The molecule has 1 aliphatic carbocycles. The fourth-order valence-electron chi connectivity index (χ4n) is 2.14. The summed E-state index contributed by atoms with van der Waals surface area (Å²) in [6, 6.07) is 0. The number of aryl methyl sites for hydroxylation is 2. The maximum Gasteiger partial charge on any atom is 0.0521 e. The minimum atomic E-state index is 0.607. The Morgan fingerprint density at radius 1 is 1.57 bits per heavy atom. The van der Waals surface area contributed by atoms with Crippen molar-refractivity contribution in [2.24, 2.45) is 12.5 Å². The fraction of sp³-hybridized carbons (Fsp3) is 0.727. The molecular formula is C11H17BrN2. The number of alkyl halides is 1. The smallest absolute Gasteiger partial charge is 0.0521 e. The molecule has 3 heteroatoms. The van der Waals surface area contributed by atoms with Gasteiger partial charge in [-0.2, -0.15) is 5.10 Å². The molecule has 1 saturated carbocycles. The number of hydrogen-bond donors (Lipinski definition) is 0. The highest BCUT2D eigenvalue weighted by Gasteiger charge is 2.35. The SMILES string of the molecule is Cn1cc(CCC2(CBr)CCC2)cn1. The van der Waals surface area contributed by atoms with Crippen molar-refractivity contribution in [2.45, 2.75) is 32.1 Å². The Kier molecular flexibility index (Phi) is 2.96. The Balaban J connectivity index is 1.87. The minimum Gasteiger partial charge on any atom is -0.276 e. The molecule has 0 amide bonds. The molecule has 0 radical (unpaired) electrons. The number of halogens is 1. The van der Waals surface area contributed by atoms with Crippen molar-refractivity contribution >= 4 is 15.9 Å². The van der Waals surface area contributed by atoms with Gasteiger partial charge in [0.05, 0.1) is 6.20 Å². The maximum absolute atomic E-state index is 4.19. The van der Waals surface area contributed by atoms with Crippen LogP contribution in [0.15, 0.2) is 12.4 Å². The third-order valence-electron chi connectivity index (χ3n) is 3.40. The van der Waals surface area contributed by atoms with Gasteiger partial charge in [-0.15, -0.1) is 0 Å². The van der Waals surface area contributed by atoms with Crippen LogP contribution >= 0.6 is 15.9 Å². The predicted molar refractivity (Wildman–Crippen MR) is 61.6 cm³/mol. The van der Waals surface area contributed by atoms with Gasteiger partial charge in [-0.3, -0.25) is 4.68 Å². The third-order valence-corrected chi connectivity index (χ3v) is 4.59. The van der Waals surface area contributed by atoms with Gasteiger partial charge in [0.15, 0.2) is 0 Å². The first-order valence-corrected chi connectivity index (χ1v) is 6.40. The van der Waals surface area contributed by atoms with Crippen LogP contribution in [-0.4, -0.2) is 15.1 Å². The molecule has 14 heavy (non-hydrogen) atoms. The van der Waals surface area contributed by atoms with Gasteiger partial charge < -0.3 is 0 Å². The highest BCUT2D eigenvalue weighted by atomic mass is 79.9. The molecule has 1 heterocycles. The van der Waals surface area contributed by atoms with Crippen molar-refractivity contribution in [1.82, 2.24) is 9.78 Å². The predicted octanol–water partition coefficient (Wildman–Crippen LogP) is 2.92. The van der Waals surface area contributed by atoms with Gasteiger partial charge in [-0.25, -0.2) is 0 Å². The Labute approximate surface area is 93.8 Å². The van der Waals surface area contributed by atoms with Crippen LogP contribution in [0, 0.1) is 5.41 Å². The number of hydrogen-bond acceptors (Lipinski definition) is 1. The van der Waals surface area contributed by atoms with E-state index < -0.39 is 0 Å². The van der Waals surface area contributed by atoms with Crippen LogP contribution in [0.3, 0.4) is 0 Å². The molecule has 0 N–H and O–H groups in total. The Bertz CT molecular complexity index is 296. The zero-order chi connectivity index (χ0) is 10.0. The monoisotopic (exact) mass is 256 g/mol. The number of rotatable bonds is 4. The van der Waals surface area contributed by atoms with Crippen LogP contribution in [0.25, 0.3) is 0 Å². The molecule has 2 rings (SSSR count). The molecule has 0 bridgehead atoms. The molecule has 2 nitrogen and oxygen atoms in total. The molecule has 0 saturated heterocycles. The van der Waals surface area contributed by atoms with Crippen molar-refractivity contribution in [2.75, 3.05) is 5.33 Å². The van der Waals surface area contributed by atoms with Crippen molar-refractivity contribution in [3.63, 3.8) is 0 Å². The van der Waals surface area contributed by atoms with Gasteiger partial charge in [0.25, 0.3) is 0 Å². The topological polar surface area (TPSA) is 17.8 Å². The van der Waals surface area contributed by atoms with E-state index >= 15 is 0 Å². The van der Waals surface area contributed by atoms with Gasteiger partial charge in [-0.1, -0.05) is 22.4 Å². The Hall–Kier alpha value is -0.310. The van der Waals surface area contributed by atoms with Crippen LogP contribution in [0.5, 0.6) is 0 Å². The lowest BCUT2D eigenvalue weighted by molar-refractivity contribution is 0.155. The lowest BCUT2D eigenvalue weighted by atomic mass is 9.67. The molecule has 0 spiro atoms. The van der Waals surface area contributed by atoms with Crippen molar-refractivity contribution in [3.05, 3.63) is 18.0 Å². The Morgan fingerprint density at radius 3 is 2.79 bits per heavy atom. The summed E-state index contributed by atoms with van der Waals surface area (Å²) in [6.07, 6.45) is 10.8. The van der Waals surface area contributed by atoms with E-state index in [1.807, 2.05) is 17.9 Å². The van der Waals surface area contributed by atoms with Crippen LogP contribution < -0.4 is 0 Å². The molecule has 0 unspecified atom stereocenters. The van der Waals surface area contributed by atoms with Crippen LogP contribution in [0.4, 0.5) is 0 Å². The normalized spacial score (nSPS) is 19.3. The van der Waals surface area contributed by atoms with Crippen LogP contribution in [-0.2, 0) is 13.5 Å². The zero-order valence-electron chi connectivity index (χ0n) is 8.67. The number of aromatic nitrogens is 2. The van der Waals surface area contributed by atoms with E-state index in [4.69, 9.17) is 0 Å². The quantitative estimate of drug-likeness (QED) is 0.758. The molecule has 0 aromatic carbocycles. The second-order valence-electron chi connectivity index (χ2n) is 4.51. The van der Waals surface area contributed by atoms with E-state index in [0.717, 1.165) is 0 Å². The first-order chi connectivity index (χ1) is 6.74. The van der Waals surface area contributed by atoms with E-state index in [2.05, 4.69) is 27.2 Å². The average molecular weight is 257 g/mol. The molecule has 1 fully saturated rings. The molecule has 1 aliphatic rings. The average Bonchev–Trinajstić information content (AvgIpc) is 2.50. The lowest BCUT2D eigenvalue weighted by Gasteiger charge is -2.40. The van der Waals surface area contributed by atoms with Crippen molar-refractivity contribution < 1.29 is 0 Å². The fourth-order valence-corrected chi connectivity index (χ4v) is 2.98. The summed E-state index contributed by atoms with van der Waals surface area (Å²) in [5.74, 6) is 0. The van der Waals surface area contributed by atoms with E-state index in [-0.39, 0.29) is 0 Å². The van der Waals surface area contributed by atoms with Crippen molar-refractivity contribution in [3.8, 4) is 0 Å². The lowest BCUT2D eigenvalue weighted by Crippen LogP contribution is -2.31. The van der Waals surface area contributed by atoms with E-state index in [9.17, 15) is 0 Å². The molecule has 1 aromatic heterocycles. The summed E-state index contributed by atoms with van der Waals surface area (Å²) in [5, 5.41) is 5.36. The summed E-state index contributed by atoms with van der Waals surface area (Å²) in [6.45, 7) is 0. The highest BCUT2D eigenvalue weighted by molar-refractivity contribution is 9.09. The summed E-state index contributed by atoms with van der Waals surface area (Å²) < 4.78 is 1.89. The minimum absolute atomic E-state index is 0.607. The molecule has 0 atom stereocenters. The molecule has 0 aliphatic heterocycles. The van der Waals surface area contributed by atoms with Crippen LogP contribution in [0.1, 0.15) is 31.2 Å². The summed E-state index contributed by atoms with van der Waals surface area (Å²) in [5.41, 5.74) is 1.98. The van der Waals surface area contributed by atoms with Gasteiger partial charge in [-0.05, 0) is 36.7 Å². The standard InChI is InChI=1S/C11H17BrN2/c1-14-8-10(7-13-14)3-6-11(9-12)4-2-5-11/h7-8H,2-6,9H2,1H3. The van der Waals surface area contributed by atoms with E-state index in [0.29, 0.717) is 5.41 Å². The number of nitrogens with zero attached hydrogens (tertiary/aromatic N) is 2. The van der Waals surface area contributed by atoms with Crippen LogP contribution in [0.2, 0.25) is 0 Å². The summed E-state index contributed by atoms with van der Waals surface area (Å²) in [7, 11) is 1.98. The van der Waals surface area contributed by atoms with Crippen molar-refractivity contribution in [1.29, 1.82) is 0 Å². The first-order valence-electron chi connectivity index (χ1n) is 5.28. The van der Waals surface area contributed by atoms with Gasteiger partial charge in [0.1, 0.15) is 0 Å². The third kappa shape index (κ3) is 2.02.